The fraction of sp³-hybridized carbons (Fsp3) is 0.182. The molecule has 1 aromatic carbocycles. The van der Waals surface area contributed by atoms with E-state index in [-0.39, 0.29) is 11.9 Å². The summed E-state index contributed by atoms with van der Waals surface area (Å²) in [6, 6.07) is 7.09. The van der Waals surface area contributed by atoms with Crippen LogP contribution in [-0.4, -0.2) is 32.1 Å². The number of rotatable bonds is 3. The van der Waals surface area contributed by atoms with Crippen LogP contribution in [0.2, 0.25) is 0 Å². The SMILES string of the molecule is CCc1nnn(-c2ccc(N=C(N)N=C(N)N)cc2)n1. The summed E-state index contributed by atoms with van der Waals surface area (Å²) in [5, 5.41) is 12.1. The first-order chi connectivity index (χ1) is 9.58. The number of benzene rings is 1. The Morgan fingerprint density at radius 3 is 2.45 bits per heavy atom. The molecule has 0 atom stereocenters. The van der Waals surface area contributed by atoms with Crippen LogP contribution in [0.25, 0.3) is 5.69 Å². The number of aromatic nitrogens is 4. The summed E-state index contributed by atoms with van der Waals surface area (Å²) in [6.07, 6.45) is 0.734. The maximum atomic E-state index is 5.54. The molecule has 0 radical (unpaired) electrons. The Hall–Kier alpha value is -2.97. The molecule has 0 aliphatic carbocycles. The van der Waals surface area contributed by atoms with Crippen molar-refractivity contribution in [3.63, 3.8) is 0 Å². The molecule has 0 aliphatic heterocycles. The predicted molar refractivity (Wildman–Crippen MR) is 75.6 cm³/mol. The molecule has 2 aromatic rings. The van der Waals surface area contributed by atoms with Gasteiger partial charge in [0.25, 0.3) is 0 Å². The molecule has 0 amide bonds. The first kappa shape index (κ1) is 13.5. The van der Waals surface area contributed by atoms with E-state index in [9.17, 15) is 0 Å². The van der Waals surface area contributed by atoms with E-state index in [4.69, 9.17) is 17.2 Å². The number of aliphatic imine (C=N–C) groups is 2. The minimum absolute atomic E-state index is 0.00935. The molecule has 6 N–H and O–H groups in total. The van der Waals surface area contributed by atoms with Gasteiger partial charge >= 0.3 is 0 Å². The summed E-state index contributed by atoms with van der Waals surface area (Å²) in [4.78, 5) is 9.11. The van der Waals surface area contributed by atoms with Gasteiger partial charge in [-0.2, -0.15) is 4.99 Å². The van der Waals surface area contributed by atoms with Gasteiger partial charge in [-0.25, -0.2) is 4.99 Å². The zero-order chi connectivity index (χ0) is 14.5. The third-order valence-electron chi connectivity index (χ3n) is 2.34. The summed E-state index contributed by atoms with van der Waals surface area (Å²) in [5.41, 5.74) is 17.3. The average Bonchev–Trinajstić information content (AvgIpc) is 2.87. The van der Waals surface area contributed by atoms with E-state index in [0.29, 0.717) is 11.5 Å². The van der Waals surface area contributed by atoms with Crippen molar-refractivity contribution in [1.82, 2.24) is 20.2 Å². The van der Waals surface area contributed by atoms with Crippen LogP contribution >= 0.6 is 0 Å². The molecule has 0 bridgehead atoms. The van der Waals surface area contributed by atoms with Crippen LogP contribution in [0.1, 0.15) is 12.7 Å². The van der Waals surface area contributed by atoms with Crippen LogP contribution in [-0.2, 0) is 6.42 Å². The van der Waals surface area contributed by atoms with Crippen LogP contribution in [0.3, 0.4) is 0 Å². The minimum atomic E-state index is -0.137. The molecule has 0 saturated carbocycles. The van der Waals surface area contributed by atoms with Crippen molar-refractivity contribution in [2.75, 3.05) is 0 Å². The lowest BCUT2D eigenvalue weighted by Gasteiger charge is -1.99. The Bertz CT molecular complexity index is 634. The van der Waals surface area contributed by atoms with E-state index >= 15 is 0 Å². The quantitative estimate of drug-likeness (QED) is 0.504. The van der Waals surface area contributed by atoms with Gasteiger partial charge in [-0.1, -0.05) is 6.92 Å². The summed E-state index contributed by atoms with van der Waals surface area (Å²) < 4.78 is 0. The Kier molecular flexibility index (Phi) is 3.89. The highest BCUT2D eigenvalue weighted by atomic mass is 15.6. The zero-order valence-electron chi connectivity index (χ0n) is 10.9. The van der Waals surface area contributed by atoms with Crippen molar-refractivity contribution in [3.8, 4) is 5.69 Å². The summed E-state index contributed by atoms with van der Waals surface area (Å²) in [7, 11) is 0. The molecule has 1 heterocycles. The Balaban J connectivity index is 2.20. The molecule has 2 rings (SSSR count). The highest BCUT2D eigenvalue weighted by molar-refractivity contribution is 5.93. The topological polar surface area (TPSA) is 146 Å². The number of tetrazole rings is 1. The average molecular weight is 273 g/mol. The molecule has 0 unspecified atom stereocenters. The van der Waals surface area contributed by atoms with E-state index in [0.717, 1.165) is 12.1 Å². The Labute approximate surface area is 115 Å². The molecular formula is C11H15N9. The lowest BCUT2D eigenvalue weighted by atomic mass is 10.3. The van der Waals surface area contributed by atoms with Crippen molar-refractivity contribution in [2.24, 2.45) is 27.2 Å². The van der Waals surface area contributed by atoms with Gasteiger partial charge in [0, 0.05) is 6.42 Å². The van der Waals surface area contributed by atoms with Crippen LogP contribution in [0.15, 0.2) is 34.3 Å². The molecule has 20 heavy (non-hydrogen) atoms. The molecule has 9 nitrogen and oxygen atoms in total. The molecule has 0 saturated heterocycles. The van der Waals surface area contributed by atoms with Gasteiger partial charge in [0.2, 0.25) is 5.96 Å². The number of hydrogen-bond donors (Lipinski definition) is 3. The molecule has 9 heteroatoms. The summed E-state index contributed by atoms with van der Waals surface area (Å²) >= 11 is 0. The van der Waals surface area contributed by atoms with E-state index in [1.165, 1.54) is 4.80 Å². The first-order valence-electron chi connectivity index (χ1n) is 5.91. The van der Waals surface area contributed by atoms with Gasteiger partial charge in [0.1, 0.15) is 0 Å². The highest BCUT2D eigenvalue weighted by Gasteiger charge is 2.02. The standard InChI is InChI=1S/C11H15N9/c1-2-9-17-19-20(18-9)8-5-3-7(4-6-8)15-11(14)16-10(12)13/h3-6H,2H2,1H3,(H6,12,13,14,15,16). The van der Waals surface area contributed by atoms with Crippen molar-refractivity contribution < 1.29 is 0 Å². The number of aryl methyl sites for hydroxylation is 1. The van der Waals surface area contributed by atoms with Gasteiger partial charge in [0.15, 0.2) is 11.8 Å². The number of guanidine groups is 2. The third kappa shape index (κ3) is 3.28. The van der Waals surface area contributed by atoms with Crippen molar-refractivity contribution in [1.29, 1.82) is 0 Å². The van der Waals surface area contributed by atoms with E-state index < -0.39 is 0 Å². The number of nitrogens with zero attached hydrogens (tertiary/aromatic N) is 6. The molecular weight excluding hydrogens is 258 g/mol. The fourth-order valence-corrected chi connectivity index (χ4v) is 1.44. The minimum Gasteiger partial charge on any atom is -0.370 e. The molecule has 0 fully saturated rings. The second-order valence-corrected chi connectivity index (χ2v) is 3.87. The Morgan fingerprint density at radius 2 is 1.90 bits per heavy atom. The zero-order valence-corrected chi connectivity index (χ0v) is 10.9. The van der Waals surface area contributed by atoms with Crippen LogP contribution < -0.4 is 17.2 Å². The number of nitrogens with two attached hydrogens (primary N) is 3. The van der Waals surface area contributed by atoms with Crippen LogP contribution in [0, 0.1) is 0 Å². The van der Waals surface area contributed by atoms with Crippen molar-refractivity contribution in [2.45, 2.75) is 13.3 Å². The maximum Gasteiger partial charge on any atom is 0.223 e. The van der Waals surface area contributed by atoms with Gasteiger partial charge in [0.05, 0.1) is 11.4 Å². The molecule has 1 aromatic heterocycles. The van der Waals surface area contributed by atoms with Gasteiger partial charge in [-0.3, -0.25) is 0 Å². The third-order valence-corrected chi connectivity index (χ3v) is 2.34. The predicted octanol–water partition coefficient (Wildman–Crippen LogP) is -0.556. The molecule has 0 aliphatic rings. The normalized spacial score (nSPS) is 11.3. The number of hydrogen-bond acceptors (Lipinski definition) is 4. The monoisotopic (exact) mass is 273 g/mol. The first-order valence-corrected chi connectivity index (χ1v) is 5.91. The van der Waals surface area contributed by atoms with Crippen LogP contribution in [0.5, 0.6) is 0 Å². The van der Waals surface area contributed by atoms with Crippen molar-refractivity contribution >= 4 is 17.6 Å². The lowest BCUT2D eigenvalue weighted by Crippen LogP contribution is -2.26. The second-order valence-electron chi connectivity index (χ2n) is 3.87. The van der Waals surface area contributed by atoms with Crippen molar-refractivity contribution in [3.05, 3.63) is 30.1 Å². The van der Waals surface area contributed by atoms with E-state index in [2.05, 4.69) is 25.4 Å². The maximum absolute atomic E-state index is 5.54. The Morgan fingerprint density at radius 1 is 1.20 bits per heavy atom. The van der Waals surface area contributed by atoms with Crippen LogP contribution in [0.4, 0.5) is 5.69 Å². The second kappa shape index (κ2) is 5.78. The highest BCUT2D eigenvalue weighted by Crippen LogP contribution is 2.14. The summed E-state index contributed by atoms with van der Waals surface area (Å²) in [6.45, 7) is 1.96. The largest absolute Gasteiger partial charge is 0.370 e. The smallest absolute Gasteiger partial charge is 0.223 e. The van der Waals surface area contributed by atoms with Gasteiger partial charge in [-0.05, 0) is 29.5 Å². The van der Waals surface area contributed by atoms with Gasteiger partial charge in [-0.15, -0.1) is 15.0 Å². The van der Waals surface area contributed by atoms with E-state index in [1.807, 2.05) is 6.92 Å². The fourth-order valence-electron chi connectivity index (χ4n) is 1.44. The lowest BCUT2D eigenvalue weighted by molar-refractivity contribution is 0.718. The van der Waals surface area contributed by atoms with E-state index in [1.54, 1.807) is 24.3 Å². The molecule has 104 valence electrons. The molecule has 0 spiro atoms. The summed E-state index contributed by atoms with van der Waals surface area (Å²) in [5.74, 6) is 0.538. The van der Waals surface area contributed by atoms with Gasteiger partial charge < -0.3 is 17.2 Å².